The molecule has 1 aliphatic rings. The molecule has 0 aliphatic carbocycles. The van der Waals surface area contributed by atoms with Crippen LogP contribution in [0.25, 0.3) is 0 Å². The van der Waals surface area contributed by atoms with Crippen LogP contribution in [0.1, 0.15) is 55.7 Å². The molecule has 37 heavy (non-hydrogen) atoms. The summed E-state index contributed by atoms with van der Waals surface area (Å²) in [4.78, 5) is 31.7. The van der Waals surface area contributed by atoms with E-state index in [-0.39, 0.29) is 35.9 Å². The minimum Gasteiger partial charge on any atom is -0.467 e. The summed E-state index contributed by atoms with van der Waals surface area (Å²) in [6.45, 7) is 12.5. The smallest absolute Gasteiger partial charge is 0.333 e. The molecule has 1 aromatic carbocycles. The van der Waals surface area contributed by atoms with Crippen molar-refractivity contribution in [2.45, 2.75) is 70.8 Å². The predicted molar refractivity (Wildman–Crippen MR) is 146 cm³/mol. The average Bonchev–Trinajstić information content (AvgIpc) is 2.78. The second-order valence-electron chi connectivity index (χ2n) is 10.5. The molecule has 1 aliphatic heterocycles. The third-order valence-electron chi connectivity index (χ3n) is 6.77. The number of carbonyl (C=O) groups excluding carboxylic acids is 1. The summed E-state index contributed by atoms with van der Waals surface area (Å²) < 4.78 is 25.5. The maximum absolute atomic E-state index is 13.7. The number of aryl methyl sites for hydroxylation is 1. The van der Waals surface area contributed by atoms with Gasteiger partial charge in [-0.3, -0.25) is 9.83 Å². The Labute approximate surface area is 226 Å². The zero-order valence-corrected chi connectivity index (χ0v) is 24.9. The van der Waals surface area contributed by atoms with E-state index in [2.05, 4.69) is 65.2 Å². The van der Waals surface area contributed by atoms with E-state index in [0.29, 0.717) is 33.7 Å². The number of anilines is 1. The summed E-state index contributed by atoms with van der Waals surface area (Å²) in [6.07, 6.45) is 0.000538. The zero-order valence-electron chi connectivity index (χ0n) is 22.3. The number of carbonyl (C=O) groups is 1. The molecule has 0 fully saturated rings. The molecule has 2 aromatic rings. The zero-order chi connectivity index (χ0) is 27.5. The number of aliphatic imine (C=N–C) groups is 1. The normalized spacial score (nSPS) is 16.6. The number of methoxy groups -OCH3 is 1. The van der Waals surface area contributed by atoms with Crippen molar-refractivity contribution in [2.75, 3.05) is 19.5 Å². The molecule has 202 valence electrons. The number of fused-ring (bicyclic) bond motifs is 1. The molecule has 0 saturated carbocycles. The summed E-state index contributed by atoms with van der Waals surface area (Å²) in [6, 6.07) is 4.13. The Bertz CT molecular complexity index is 1190. The highest BCUT2D eigenvalue weighted by molar-refractivity contribution is 9.10. The maximum Gasteiger partial charge on any atom is 0.333 e. The third-order valence-corrected chi connectivity index (χ3v) is 11.9. The summed E-state index contributed by atoms with van der Waals surface area (Å²) in [5, 5.41) is -0.0675. The fourth-order valence-electron chi connectivity index (χ4n) is 3.76. The SMILES string of the molecule is COC(=O)C(CCONC1=N[C@@H](c2ccc(F)cc2Br)Cc2nc(N)nc(C)c21)O[Si](C)(C)C(C)(C)C. The van der Waals surface area contributed by atoms with Gasteiger partial charge in [-0.1, -0.05) is 42.8 Å². The van der Waals surface area contributed by atoms with E-state index in [9.17, 15) is 9.18 Å². The summed E-state index contributed by atoms with van der Waals surface area (Å²) in [5.41, 5.74) is 11.7. The van der Waals surface area contributed by atoms with Crippen LogP contribution in [-0.2, 0) is 25.2 Å². The summed E-state index contributed by atoms with van der Waals surface area (Å²) in [7, 11) is -0.869. The van der Waals surface area contributed by atoms with Crippen molar-refractivity contribution in [3.8, 4) is 0 Å². The molecule has 9 nitrogen and oxygen atoms in total. The molecule has 2 heterocycles. The van der Waals surface area contributed by atoms with Crippen LogP contribution in [0.15, 0.2) is 27.7 Å². The van der Waals surface area contributed by atoms with Gasteiger partial charge in [-0.2, -0.15) is 0 Å². The molecule has 3 N–H and O–H groups in total. The van der Waals surface area contributed by atoms with Crippen molar-refractivity contribution < 1.29 is 23.2 Å². The molecule has 0 radical (unpaired) electrons. The maximum atomic E-state index is 13.7. The van der Waals surface area contributed by atoms with Crippen molar-refractivity contribution in [3.63, 3.8) is 0 Å². The number of hydrogen-bond acceptors (Lipinski definition) is 9. The monoisotopic (exact) mass is 595 g/mol. The molecule has 0 saturated heterocycles. The van der Waals surface area contributed by atoms with E-state index in [0.717, 1.165) is 5.56 Å². The number of nitrogen functional groups attached to an aromatic ring is 1. The van der Waals surface area contributed by atoms with Crippen LogP contribution in [0.4, 0.5) is 10.3 Å². The molecular weight excluding hydrogens is 561 g/mol. The number of benzene rings is 1. The second-order valence-corrected chi connectivity index (χ2v) is 16.1. The van der Waals surface area contributed by atoms with E-state index < -0.39 is 20.4 Å². The molecule has 2 atom stereocenters. The van der Waals surface area contributed by atoms with Gasteiger partial charge in [-0.05, 0) is 42.8 Å². The Morgan fingerprint density at radius 1 is 1.32 bits per heavy atom. The number of esters is 1. The van der Waals surface area contributed by atoms with Crippen LogP contribution >= 0.6 is 15.9 Å². The quantitative estimate of drug-likeness (QED) is 0.193. The Kier molecular flexibility index (Phi) is 9.09. The van der Waals surface area contributed by atoms with Crippen molar-refractivity contribution >= 4 is 42.0 Å². The lowest BCUT2D eigenvalue weighted by Crippen LogP contribution is -2.46. The van der Waals surface area contributed by atoms with E-state index in [1.54, 1.807) is 6.07 Å². The Morgan fingerprint density at radius 3 is 2.65 bits per heavy atom. The molecular formula is C25H35BrFN5O4Si. The largest absolute Gasteiger partial charge is 0.467 e. The number of rotatable bonds is 8. The van der Waals surface area contributed by atoms with Gasteiger partial charge in [0.15, 0.2) is 14.2 Å². The average molecular weight is 597 g/mol. The molecule has 12 heteroatoms. The van der Waals surface area contributed by atoms with Crippen molar-refractivity contribution in [2.24, 2.45) is 4.99 Å². The van der Waals surface area contributed by atoms with Crippen molar-refractivity contribution in [1.29, 1.82) is 0 Å². The van der Waals surface area contributed by atoms with Gasteiger partial charge in [0, 0.05) is 17.3 Å². The Morgan fingerprint density at radius 2 is 2.03 bits per heavy atom. The minimum absolute atomic E-state index is 0.0675. The van der Waals surface area contributed by atoms with Crippen molar-refractivity contribution in [3.05, 3.63) is 51.0 Å². The van der Waals surface area contributed by atoms with Gasteiger partial charge in [-0.15, -0.1) is 0 Å². The fraction of sp³-hybridized carbons (Fsp3) is 0.520. The number of ether oxygens (including phenoxy) is 1. The molecule has 1 unspecified atom stereocenters. The molecule has 0 bridgehead atoms. The van der Waals surface area contributed by atoms with Gasteiger partial charge >= 0.3 is 5.97 Å². The molecule has 1 aromatic heterocycles. The first-order valence-electron chi connectivity index (χ1n) is 12.0. The van der Waals surface area contributed by atoms with E-state index in [1.165, 1.54) is 19.2 Å². The Hall–Kier alpha value is -2.41. The first-order valence-corrected chi connectivity index (χ1v) is 15.7. The van der Waals surface area contributed by atoms with Crippen LogP contribution < -0.4 is 11.2 Å². The number of hydroxylamine groups is 1. The highest BCUT2D eigenvalue weighted by Crippen LogP contribution is 2.38. The molecule has 3 rings (SSSR count). The molecule has 0 amide bonds. The molecule has 0 spiro atoms. The third kappa shape index (κ3) is 6.92. The van der Waals surface area contributed by atoms with Gasteiger partial charge in [0.1, 0.15) is 11.9 Å². The number of hydrogen-bond donors (Lipinski definition) is 2. The van der Waals surface area contributed by atoms with Gasteiger partial charge in [0.2, 0.25) is 5.95 Å². The van der Waals surface area contributed by atoms with Crippen LogP contribution in [0.3, 0.4) is 0 Å². The van der Waals surface area contributed by atoms with Gasteiger partial charge in [0.25, 0.3) is 0 Å². The topological polar surface area (TPSA) is 121 Å². The summed E-state index contributed by atoms with van der Waals surface area (Å²) in [5.74, 6) is -0.186. The minimum atomic E-state index is -2.22. The lowest BCUT2D eigenvalue weighted by atomic mass is 9.95. The van der Waals surface area contributed by atoms with Crippen LogP contribution in [0.5, 0.6) is 0 Å². The number of nitrogens with two attached hydrogens (primary N) is 1. The highest BCUT2D eigenvalue weighted by atomic mass is 79.9. The second kappa shape index (κ2) is 11.5. The highest BCUT2D eigenvalue weighted by Gasteiger charge is 2.41. The Balaban J connectivity index is 1.79. The van der Waals surface area contributed by atoms with Crippen LogP contribution in [0.2, 0.25) is 18.1 Å². The van der Waals surface area contributed by atoms with Gasteiger partial charge in [-0.25, -0.2) is 24.6 Å². The number of nitrogens with zero attached hydrogens (tertiary/aromatic N) is 3. The van der Waals surface area contributed by atoms with Crippen LogP contribution in [0, 0.1) is 12.7 Å². The first-order chi connectivity index (χ1) is 17.2. The summed E-state index contributed by atoms with van der Waals surface area (Å²) >= 11 is 3.44. The lowest BCUT2D eigenvalue weighted by molar-refractivity contribution is -0.150. The first kappa shape index (κ1) is 29.1. The number of amidine groups is 1. The van der Waals surface area contributed by atoms with E-state index in [4.69, 9.17) is 24.7 Å². The number of halogens is 2. The number of nitrogens with one attached hydrogen (secondary N) is 1. The predicted octanol–water partition coefficient (Wildman–Crippen LogP) is 4.79. The van der Waals surface area contributed by atoms with E-state index >= 15 is 0 Å². The van der Waals surface area contributed by atoms with Crippen LogP contribution in [-0.4, -0.2) is 49.9 Å². The standard InChI is InChI=1S/C25H35BrFN5O4Si/c1-14-21-19(31-24(28)29-14)13-18(16-9-8-15(27)12-17(16)26)30-22(21)32-35-11-10-20(23(33)34-5)36-37(6,7)25(2,3)4/h8-9,12,18,20H,10-11,13H2,1-7H3,(H,30,32)(H2,28,29,31)/t18-,20?/m1/s1. The van der Waals surface area contributed by atoms with Gasteiger partial charge in [0.05, 0.1) is 36.7 Å². The van der Waals surface area contributed by atoms with Gasteiger partial charge < -0.3 is 14.9 Å². The fourth-order valence-corrected chi connectivity index (χ4v) is 5.66. The van der Waals surface area contributed by atoms with Crippen molar-refractivity contribution in [1.82, 2.24) is 15.4 Å². The lowest BCUT2D eigenvalue weighted by Gasteiger charge is -2.38. The van der Waals surface area contributed by atoms with E-state index in [1.807, 2.05) is 6.92 Å². The number of aromatic nitrogens is 2.